The maximum absolute atomic E-state index is 5.35. The second-order valence-electron chi connectivity index (χ2n) is 10.7. The van der Waals surface area contributed by atoms with Crippen LogP contribution in [0.3, 0.4) is 0 Å². The molecule has 5 aromatic carbocycles. The molecule has 0 amide bonds. The molecule has 43 heavy (non-hydrogen) atoms. The summed E-state index contributed by atoms with van der Waals surface area (Å²) in [5.41, 5.74) is 10.8. The molecule has 0 saturated carbocycles. The molecule has 0 aliphatic carbocycles. The number of aromatic nitrogens is 3. The largest absolute Gasteiger partial charge is 0.359 e. The van der Waals surface area contributed by atoms with Crippen molar-refractivity contribution in [3.63, 3.8) is 0 Å². The number of hydrogen-bond acceptors (Lipinski definition) is 4. The van der Waals surface area contributed by atoms with Crippen molar-refractivity contribution in [2.75, 3.05) is 5.32 Å². The summed E-state index contributed by atoms with van der Waals surface area (Å²) in [5.74, 6) is 0.823. The van der Waals surface area contributed by atoms with Gasteiger partial charge < -0.3 is 10.3 Å². The Morgan fingerprint density at radius 1 is 0.581 bits per heavy atom. The third-order valence-corrected chi connectivity index (χ3v) is 8.03. The number of H-pyrrole nitrogens is 1. The molecule has 7 aromatic rings. The normalized spacial score (nSPS) is 14.1. The Bertz CT molecular complexity index is 2080. The van der Waals surface area contributed by atoms with Crippen molar-refractivity contribution in [1.82, 2.24) is 15.0 Å². The number of fused-ring (bicyclic) bond motifs is 3. The highest BCUT2D eigenvalue weighted by Crippen LogP contribution is 2.39. The summed E-state index contributed by atoms with van der Waals surface area (Å²) in [6.45, 7) is 0. The van der Waals surface area contributed by atoms with Crippen molar-refractivity contribution in [3.05, 3.63) is 163 Å². The van der Waals surface area contributed by atoms with Crippen molar-refractivity contribution in [2.24, 2.45) is 4.99 Å². The second-order valence-corrected chi connectivity index (χ2v) is 10.7. The van der Waals surface area contributed by atoms with E-state index in [1.165, 1.54) is 10.8 Å². The third-order valence-electron chi connectivity index (χ3n) is 8.03. The monoisotopic (exact) mass is 553 g/mol. The van der Waals surface area contributed by atoms with E-state index in [9.17, 15) is 0 Å². The molecule has 0 saturated heterocycles. The van der Waals surface area contributed by atoms with Crippen LogP contribution < -0.4 is 5.32 Å². The summed E-state index contributed by atoms with van der Waals surface area (Å²) in [6, 6.07) is 42.6. The zero-order valence-electron chi connectivity index (χ0n) is 23.3. The average Bonchev–Trinajstić information content (AvgIpc) is 3.64. The highest BCUT2D eigenvalue weighted by atomic mass is 15.1. The third kappa shape index (κ3) is 4.67. The fourth-order valence-corrected chi connectivity index (χ4v) is 5.90. The quantitative estimate of drug-likeness (QED) is 0.224. The van der Waals surface area contributed by atoms with E-state index in [1.54, 1.807) is 12.4 Å². The molecule has 3 heterocycles. The Morgan fingerprint density at radius 3 is 2.14 bits per heavy atom. The van der Waals surface area contributed by atoms with Gasteiger partial charge in [-0.25, -0.2) is 4.98 Å². The van der Waals surface area contributed by atoms with Gasteiger partial charge in [-0.15, -0.1) is 0 Å². The highest BCUT2D eigenvalue weighted by molar-refractivity contribution is 6.20. The molecule has 0 bridgehead atoms. The summed E-state index contributed by atoms with van der Waals surface area (Å²) in [7, 11) is 0. The van der Waals surface area contributed by atoms with Crippen LogP contribution in [0.2, 0.25) is 0 Å². The van der Waals surface area contributed by atoms with Gasteiger partial charge in [0.2, 0.25) is 0 Å². The summed E-state index contributed by atoms with van der Waals surface area (Å²) in [6.07, 6.45) is 7.04. The van der Waals surface area contributed by atoms with E-state index in [0.717, 1.165) is 61.7 Å². The Morgan fingerprint density at radius 2 is 1.35 bits per heavy atom. The van der Waals surface area contributed by atoms with Gasteiger partial charge in [-0.05, 0) is 57.5 Å². The zero-order valence-corrected chi connectivity index (χ0v) is 23.3. The Labute approximate surface area is 249 Å². The summed E-state index contributed by atoms with van der Waals surface area (Å²) in [5, 5.41) is 6.19. The number of aliphatic imine (C=N–C) groups is 1. The number of rotatable bonds is 5. The Hall–Kier alpha value is -5.81. The lowest BCUT2D eigenvalue weighted by atomic mass is 9.92. The average molecular weight is 554 g/mol. The van der Waals surface area contributed by atoms with Crippen molar-refractivity contribution in [2.45, 2.75) is 6.17 Å². The first-order valence-electron chi connectivity index (χ1n) is 14.4. The first-order valence-corrected chi connectivity index (χ1v) is 14.4. The zero-order chi connectivity index (χ0) is 28.6. The smallest absolute Gasteiger partial charge is 0.145 e. The molecule has 0 spiro atoms. The van der Waals surface area contributed by atoms with Gasteiger partial charge in [0.1, 0.15) is 12.0 Å². The predicted octanol–water partition coefficient (Wildman–Crippen LogP) is 8.92. The van der Waals surface area contributed by atoms with E-state index >= 15 is 0 Å². The van der Waals surface area contributed by atoms with E-state index in [2.05, 4.69) is 129 Å². The summed E-state index contributed by atoms with van der Waals surface area (Å²) in [4.78, 5) is 17.5. The van der Waals surface area contributed by atoms with Crippen LogP contribution in [0.4, 0.5) is 5.69 Å². The van der Waals surface area contributed by atoms with E-state index in [-0.39, 0.29) is 6.17 Å². The van der Waals surface area contributed by atoms with Crippen molar-refractivity contribution in [3.8, 4) is 33.6 Å². The minimum atomic E-state index is -0.295. The Balaban J connectivity index is 1.28. The van der Waals surface area contributed by atoms with E-state index in [0.29, 0.717) is 0 Å². The van der Waals surface area contributed by atoms with Crippen LogP contribution in [0.25, 0.3) is 44.4 Å². The number of pyridine rings is 1. The molecule has 5 nitrogen and oxygen atoms in total. The van der Waals surface area contributed by atoms with Crippen LogP contribution in [0.1, 0.15) is 22.9 Å². The molecule has 204 valence electrons. The maximum Gasteiger partial charge on any atom is 0.145 e. The van der Waals surface area contributed by atoms with E-state index in [4.69, 9.17) is 4.99 Å². The van der Waals surface area contributed by atoms with Gasteiger partial charge in [0.05, 0.1) is 11.4 Å². The van der Waals surface area contributed by atoms with Crippen molar-refractivity contribution < 1.29 is 0 Å². The Kier molecular flexibility index (Phi) is 6.12. The van der Waals surface area contributed by atoms with E-state index in [1.807, 2.05) is 24.5 Å². The molecule has 1 unspecified atom stereocenters. The molecule has 2 aromatic heterocycles. The van der Waals surface area contributed by atoms with Gasteiger partial charge in [-0.3, -0.25) is 9.98 Å². The van der Waals surface area contributed by atoms with Crippen LogP contribution in [-0.2, 0) is 0 Å². The first kappa shape index (κ1) is 24.9. The number of imidazole rings is 1. The maximum atomic E-state index is 5.35. The number of benzene rings is 5. The van der Waals surface area contributed by atoms with E-state index < -0.39 is 0 Å². The summed E-state index contributed by atoms with van der Waals surface area (Å²) < 4.78 is 0. The van der Waals surface area contributed by atoms with Crippen LogP contribution in [0.5, 0.6) is 0 Å². The minimum Gasteiger partial charge on any atom is -0.359 e. The molecule has 0 radical (unpaired) electrons. The number of anilines is 1. The standard InChI is InChI=1S/C38H27N5/c1-2-8-28(9-3-1)35-34-17-16-27-7-4-5-11-33(27)36(34)43-38(42-35)32-22-30(21-31(23-32)37-40-19-20-41-37)26-14-12-25(13-15-26)29-10-6-18-39-24-29/h1-24,38,43H,(H,40,41). The number of hydrogen-bond donors (Lipinski definition) is 2. The number of nitrogens with zero attached hydrogens (tertiary/aromatic N) is 3. The van der Waals surface area contributed by atoms with Gasteiger partial charge in [-0.1, -0.05) is 97.1 Å². The fraction of sp³-hybridized carbons (Fsp3) is 0.0263. The molecular weight excluding hydrogens is 526 g/mol. The van der Waals surface area contributed by atoms with Gasteiger partial charge >= 0.3 is 0 Å². The van der Waals surface area contributed by atoms with Gasteiger partial charge in [0, 0.05) is 46.9 Å². The molecule has 0 fully saturated rings. The van der Waals surface area contributed by atoms with Crippen LogP contribution in [0, 0.1) is 0 Å². The van der Waals surface area contributed by atoms with Gasteiger partial charge in [0.25, 0.3) is 0 Å². The van der Waals surface area contributed by atoms with Crippen molar-refractivity contribution in [1.29, 1.82) is 0 Å². The highest BCUT2D eigenvalue weighted by Gasteiger charge is 2.25. The minimum absolute atomic E-state index is 0.295. The molecule has 8 rings (SSSR count). The fourth-order valence-electron chi connectivity index (χ4n) is 5.90. The van der Waals surface area contributed by atoms with Gasteiger partial charge in [-0.2, -0.15) is 0 Å². The molecule has 5 heteroatoms. The molecule has 1 aliphatic rings. The van der Waals surface area contributed by atoms with Crippen LogP contribution in [-0.4, -0.2) is 20.7 Å². The molecule has 1 aliphatic heterocycles. The molecule has 1 atom stereocenters. The second kappa shape index (κ2) is 10.5. The van der Waals surface area contributed by atoms with Crippen LogP contribution in [0.15, 0.2) is 151 Å². The lowest BCUT2D eigenvalue weighted by Crippen LogP contribution is -2.21. The predicted molar refractivity (Wildman–Crippen MR) is 175 cm³/mol. The SMILES string of the molecule is c1ccc(C2=NC(c3cc(-c4ccc(-c5cccnc5)cc4)cc(-c4ncc[nH]4)c3)Nc3c2ccc2ccccc32)cc1. The topological polar surface area (TPSA) is 66.0 Å². The lowest BCUT2D eigenvalue weighted by Gasteiger charge is -2.28. The lowest BCUT2D eigenvalue weighted by molar-refractivity contribution is 0.831. The number of aromatic amines is 1. The van der Waals surface area contributed by atoms with Crippen LogP contribution >= 0.6 is 0 Å². The van der Waals surface area contributed by atoms with Gasteiger partial charge in [0.15, 0.2) is 0 Å². The number of nitrogens with one attached hydrogen (secondary N) is 2. The molecule has 2 N–H and O–H groups in total. The first-order chi connectivity index (χ1) is 21.3. The summed E-state index contributed by atoms with van der Waals surface area (Å²) >= 11 is 0. The van der Waals surface area contributed by atoms with Crippen molar-refractivity contribution >= 4 is 22.2 Å². The molecular formula is C38H27N5.